The molecule has 0 aliphatic rings. The minimum atomic E-state index is -0.0137. The minimum Gasteiger partial charge on any atom is -0.284 e. The average molecular weight is 196 g/mol. The van der Waals surface area contributed by atoms with E-state index in [0.29, 0.717) is 0 Å². The molecule has 0 unspecified atom stereocenters. The molecule has 1 rings (SSSR count). The van der Waals surface area contributed by atoms with Crippen LogP contribution in [0.15, 0.2) is 47.2 Å². The number of hydrazone groups is 1. The summed E-state index contributed by atoms with van der Waals surface area (Å²) in [5, 5.41) is 20.6. The Kier molecular flexibility index (Phi) is 4.16. The van der Waals surface area contributed by atoms with Crippen LogP contribution >= 0.6 is 0 Å². The molecule has 1 aromatic carbocycles. The van der Waals surface area contributed by atoms with Crippen LogP contribution in [0.25, 0.3) is 0 Å². The smallest absolute Gasteiger partial charge is 0.147 e. The molecule has 0 aliphatic carbocycles. The van der Waals surface area contributed by atoms with Crippen molar-refractivity contribution in [2.75, 3.05) is 0 Å². The zero-order valence-electron chi connectivity index (χ0n) is 7.88. The maximum Gasteiger partial charge on any atom is 0.147 e. The molecule has 4 nitrogen and oxygen atoms in total. The highest BCUT2D eigenvalue weighted by molar-refractivity contribution is 5.79. The molecule has 0 saturated heterocycles. The van der Waals surface area contributed by atoms with Gasteiger partial charge in [0.25, 0.3) is 0 Å². The zero-order valence-corrected chi connectivity index (χ0v) is 7.88. The van der Waals surface area contributed by atoms with Crippen LogP contribution in [0.4, 0.5) is 0 Å². The van der Waals surface area contributed by atoms with Gasteiger partial charge in [-0.3, -0.25) is 5.43 Å². The van der Waals surface area contributed by atoms with Crippen molar-refractivity contribution >= 4 is 6.21 Å². The Morgan fingerprint density at radius 1 is 1.20 bits per heavy atom. The van der Waals surface area contributed by atoms with E-state index in [1.165, 1.54) is 6.20 Å². The number of hydrogen-bond donors (Lipinski definition) is 1. The van der Waals surface area contributed by atoms with Gasteiger partial charge in [0, 0.05) is 6.20 Å². The Labute approximate surface area is 87.8 Å². The first-order chi connectivity index (χ1) is 7.36. The molecule has 0 atom stereocenters. The van der Waals surface area contributed by atoms with E-state index in [0.717, 1.165) is 5.56 Å². The second-order valence-corrected chi connectivity index (χ2v) is 2.58. The molecule has 0 saturated carbocycles. The van der Waals surface area contributed by atoms with Gasteiger partial charge < -0.3 is 0 Å². The summed E-state index contributed by atoms with van der Waals surface area (Å²) < 4.78 is 0. The lowest BCUT2D eigenvalue weighted by atomic mass is 10.2. The van der Waals surface area contributed by atoms with Gasteiger partial charge in [0.05, 0.1) is 6.21 Å². The summed E-state index contributed by atoms with van der Waals surface area (Å²) in [5.74, 6) is 0. The lowest BCUT2D eigenvalue weighted by Crippen LogP contribution is -1.96. The quantitative estimate of drug-likeness (QED) is 0.452. The molecule has 72 valence electrons. The fourth-order valence-electron chi connectivity index (χ4n) is 0.842. The monoisotopic (exact) mass is 196 g/mol. The topological polar surface area (TPSA) is 72.0 Å². The van der Waals surface area contributed by atoms with Crippen molar-refractivity contribution in [3.05, 3.63) is 47.7 Å². The van der Waals surface area contributed by atoms with E-state index in [1.807, 2.05) is 30.3 Å². The molecule has 0 aliphatic heterocycles. The Balaban J connectivity index is 2.53. The van der Waals surface area contributed by atoms with Crippen LogP contribution in [0, 0.1) is 22.7 Å². The number of nitriles is 2. The maximum atomic E-state index is 8.41. The van der Waals surface area contributed by atoms with Gasteiger partial charge in [0.2, 0.25) is 0 Å². The number of hydrogen-bond acceptors (Lipinski definition) is 4. The average Bonchev–Trinajstić information content (AvgIpc) is 2.31. The van der Waals surface area contributed by atoms with Crippen molar-refractivity contribution in [3.8, 4) is 12.1 Å². The summed E-state index contributed by atoms with van der Waals surface area (Å²) in [6.45, 7) is 0. The molecule has 1 aromatic rings. The second-order valence-electron chi connectivity index (χ2n) is 2.58. The van der Waals surface area contributed by atoms with Crippen molar-refractivity contribution in [2.45, 2.75) is 0 Å². The first kappa shape index (κ1) is 10.5. The third-order valence-electron chi connectivity index (χ3n) is 1.54. The summed E-state index contributed by atoms with van der Waals surface area (Å²) in [4.78, 5) is 0. The van der Waals surface area contributed by atoms with E-state index in [-0.39, 0.29) is 5.57 Å². The third-order valence-corrected chi connectivity index (χ3v) is 1.54. The van der Waals surface area contributed by atoms with Crippen LogP contribution in [0.1, 0.15) is 5.56 Å². The fourth-order valence-corrected chi connectivity index (χ4v) is 0.842. The van der Waals surface area contributed by atoms with Crippen molar-refractivity contribution < 1.29 is 0 Å². The summed E-state index contributed by atoms with van der Waals surface area (Å²) in [7, 11) is 0. The number of benzene rings is 1. The highest BCUT2D eigenvalue weighted by Crippen LogP contribution is 1.93. The summed E-state index contributed by atoms with van der Waals surface area (Å²) in [6.07, 6.45) is 2.85. The summed E-state index contributed by atoms with van der Waals surface area (Å²) in [5.41, 5.74) is 3.42. The van der Waals surface area contributed by atoms with Crippen LogP contribution < -0.4 is 5.43 Å². The first-order valence-electron chi connectivity index (χ1n) is 4.21. The zero-order chi connectivity index (χ0) is 10.9. The first-order valence-corrected chi connectivity index (χ1v) is 4.21. The molecule has 0 amide bonds. The molecule has 15 heavy (non-hydrogen) atoms. The highest BCUT2D eigenvalue weighted by atomic mass is 15.3. The van der Waals surface area contributed by atoms with Crippen molar-refractivity contribution in [1.29, 1.82) is 10.5 Å². The minimum absolute atomic E-state index is 0.0137. The second kappa shape index (κ2) is 5.95. The van der Waals surface area contributed by atoms with E-state index in [1.54, 1.807) is 18.4 Å². The molecule has 0 aromatic heterocycles. The molecule has 0 bridgehead atoms. The van der Waals surface area contributed by atoms with Crippen LogP contribution in [-0.2, 0) is 0 Å². The van der Waals surface area contributed by atoms with Crippen LogP contribution in [-0.4, -0.2) is 6.21 Å². The fraction of sp³-hybridized carbons (Fsp3) is 0. The number of nitrogens with zero attached hydrogens (tertiary/aromatic N) is 3. The Morgan fingerprint density at radius 2 is 1.87 bits per heavy atom. The predicted molar refractivity (Wildman–Crippen MR) is 56.5 cm³/mol. The Morgan fingerprint density at radius 3 is 2.47 bits per heavy atom. The number of nitrogens with one attached hydrogen (secondary N) is 1. The predicted octanol–water partition coefficient (Wildman–Crippen LogP) is 1.54. The van der Waals surface area contributed by atoms with Crippen molar-refractivity contribution in [2.24, 2.45) is 5.10 Å². The summed E-state index contributed by atoms with van der Waals surface area (Å²) in [6, 6.07) is 12.9. The summed E-state index contributed by atoms with van der Waals surface area (Å²) >= 11 is 0. The lowest BCUT2D eigenvalue weighted by molar-refractivity contribution is 0.970. The molecule has 1 N–H and O–H groups in total. The largest absolute Gasteiger partial charge is 0.284 e. The van der Waals surface area contributed by atoms with Gasteiger partial charge in [0.1, 0.15) is 17.7 Å². The Hall–Kier alpha value is -2.59. The molecule has 0 fully saturated rings. The van der Waals surface area contributed by atoms with E-state index in [9.17, 15) is 0 Å². The van der Waals surface area contributed by atoms with Crippen molar-refractivity contribution in [3.63, 3.8) is 0 Å². The van der Waals surface area contributed by atoms with Crippen LogP contribution in [0.2, 0.25) is 0 Å². The molecular weight excluding hydrogens is 188 g/mol. The van der Waals surface area contributed by atoms with E-state index >= 15 is 0 Å². The van der Waals surface area contributed by atoms with Crippen molar-refractivity contribution in [1.82, 2.24) is 5.43 Å². The van der Waals surface area contributed by atoms with Gasteiger partial charge in [-0.2, -0.15) is 15.6 Å². The SMILES string of the molecule is N#CC(C#N)=CN/N=C/c1ccccc1. The standard InChI is InChI=1S/C11H8N4/c12-6-11(7-13)9-15-14-8-10-4-2-1-3-5-10/h1-5,8-9,15H/b14-8+. The molecular formula is C11H8N4. The van der Waals surface area contributed by atoms with Crippen LogP contribution in [0.3, 0.4) is 0 Å². The molecule has 0 heterocycles. The van der Waals surface area contributed by atoms with Gasteiger partial charge >= 0.3 is 0 Å². The lowest BCUT2D eigenvalue weighted by Gasteiger charge is -1.91. The molecule has 0 spiro atoms. The number of rotatable bonds is 3. The van der Waals surface area contributed by atoms with Gasteiger partial charge in [-0.25, -0.2) is 0 Å². The van der Waals surface area contributed by atoms with Gasteiger partial charge in [-0.05, 0) is 5.56 Å². The normalized spacial score (nSPS) is 8.93. The third kappa shape index (κ3) is 3.75. The van der Waals surface area contributed by atoms with E-state index in [4.69, 9.17) is 10.5 Å². The van der Waals surface area contributed by atoms with Gasteiger partial charge in [-0.15, -0.1) is 0 Å². The van der Waals surface area contributed by atoms with E-state index in [2.05, 4.69) is 10.5 Å². The number of allylic oxidation sites excluding steroid dienone is 1. The molecule has 4 heteroatoms. The van der Waals surface area contributed by atoms with E-state index < -0.39 is 0 Å². The van der Waals surface area contributed by atoms with Gasteiger partial charge in [-0.1, -0.05) is 30.3 Å². The molecule has 0 radical (unpaired) electrons. The van der Waals surface area contributed by atoms with Gasteiger partial charge in [0.15, 0.2) is 0 Å². The van der Waals surface area contributed by atoms with Crippen LogP contribution in [0.5, 0.6) is 0 Å². The maximum absolute atomic E-state index is 8.41. The Bertz CT molecular complexity index is 430. The highest BCUT2D eigenvalue weighted by Gasteiger charge is 1.87.